The Morgan fingerprint density at radius 3 is 2.11 bits per heavy atom. The van der Waals surface area contributed by atoms with Crippen molar-refractivity contribution in [1.29, 1.82) is 0 Å². The van der Waals surface area contributed by atoms with Crippen LogP contribution in [-0.4, -0.2) is 25.1 Å². The zero-order valence-corrected chi connectivity index (χ0v) is 21.3. The van der Waals surface area contributed by atoms with Crippen LogP contribution in [0.3, 0.4) is 0 Å². The van der Waals surface area contributed by atoms with Gasteiger partial charge in [-0.05, 0) is 46.5 Å². The van der Waals surface area contributed by atoms with Crippen LogP contribution in [0, 0.1) is 11.8 Å². The van der Waals surface area contributed by atoms with Gasteiger partial charge in [-0.3, -0.25) is 14.6 Å². The Morgan fingerprint density at radius 1 is 0.816 bits per heavy atom. The first kappa shape index (κ1) is 22.9. The first-order valence-electron chi connectivity index (χ1n) is 12.6. The van der Waals surface area contributed by atoms with Gasteiger partial charge < -0.3 is 4.74 Å². The van der Waals surface area contributed by atoms with Crippen LogP contribution in [0.1, 0.15) is 28.2 Å². The number of rotatable bonds is 4. The van der Waals surface area contributed by atoms with E-state index in [1.807, 2.05) is 54.7 Å². The maximum Gasteiger partial charge on any atom is 0.239 e. The standard InChI is InChI=1S/C32H23ClN2O3/c1-38-26-17-9-7-15-24(26)34-18-32-21-12-4-2-10-19(21)27(20-11-3-5-13-22(20)32)28-29(32)31(37)35(30(28)36)25-16-8-6-14-23(25)33/h2-18,27-29H,1H3/t27?,28-,29-,32?/m0/s1. The number of aliphatic imine (C=N–C) groups is 1. The summed E-state index contributed by atoms with van der Waals surface area (Å²) in [5.41, 5.74) is 4.25. The van der Waals surface area contributed by atoms with Gasteiger partial charge in [0.2, 0.25) is 11.8 Å². The quantitative estimate of drug-likeness (QED) is 0.235. The molecule has 4 aliphatic rings. The van der Waals surface area contributed by atoms with E-state index < -0.39 is 17.3 Å². The third-order valence-electron chi connectivity index (χ3n) is 8.27. The monoisotopic (exact) mass is 518 g/mol. The zero-order valence-electron chi connectivity index (χ0n) is 20.5. The largest absolute Gasteiger partial charge is 0.494 e. The first-order chi connectivity index (χ1) is 18.6. The van der Waals surface area contributed by atoms with Gasteiger partial charge in [0.1, 0.15) is 11.4 Å². The van der Waals surface area contributed by atoms with E-state index in [4.69, 9.17) is 21.3 Å². The van der Waals surface area contributed by atoms with E-state index in [1.165, 1.54) is 4.90 Å². The van der Waals surface area contributed by atoms with Gasteiger partial charge in [-0.25, -0.2) is 4.90 Å². The molecule has 4 aromatic carbocycles. The highest BCUT2D eigenvalue weighted by Gasteiger charge is 2.68. The number of halogens is 1. The molecule has 0 saturated carbocycles. The van der Waals surface area contributed by atoms with E-state index >= 15 is 0 Å². The Hall–Kier alpha value is -4.22. The molecule has 1 fully saturated rings. The Labute approximate surface area is 225 Å². The molecule has 8 rings (SSSR count). The van der Waals surface area contributed by atoms with Gasteiger partial charge in [0.05, 0.1) is 35.1 Å². The minimum absolute atomic E-state index is 0.225. The van der Waals surface area contributed by atoms with Gasteiger partial charge in [0, 0.05) is 12.1 Å². The topological polar surface area (TPSA) is 59.0 Å². The fourth-order valence-electron chi connectivity index (χ4n) is 6.83. The van der Waals surface area contributed by atoms with Gasteiger partial charge in [0.15, 0.2) is 0 Å². The predicted octanol–water partition coefficient (Wildman–Crippen LogP) is 6.30. The number of ether oxygens (including phenoxy) is 1. The van der Waals surface area contributed by atoms with E-state index in [9.17, 15) is 9.59 Å². The highest BCUT2D eigenvalue weighted by molar-refractivity contribution is 6.36. The number of carbonyl (C=O) groups excluding carboxylic acids is 2. The second-order valence-electron chi connectivity index (χ2n) is 9.92. The summed E-state index contributed by atoms with van der Waals surface area (Å²) >= 11 is 6.52. The number of nitrogens with zero attached hydrogens (tertiary/aromatic N) is 2. The van der Waals surface area contributed by atoms with Crippen LogP contribution in [0.25, 0.3) is 0 Å². The summed E-state index contributed by atoms with van der Waals surface area (Å²) < 4.78 is 5.56. The summed E-state index contributed by atoms with van der Waals surface area (Å²) in [4.78, 5) is 34.9. The van der Waals surface area contributed by atoms with Crippen LogP contribution in [0.4, 0.5) is 11.4 Å². The molecule has 2 amide bonds. The molecule has 186 valence electrons. The SMILES string of the molecule is COc1ccccc1N=CC12c3ccccc3C(c3ccccc31)[C@@H]1C(=O)N(c3ccccc3Cl)C(=O)[C@H]12. The van der Waals surface area contributed by atoms with E-state index in [0.29, 0.717) is 22.1 Å². The van der Waals surface area contributed by atoms with Gasteiger partial charge in [-0.15, -0.1) is 0 Å². The van der Waals surface area contributed by atoms with E-state index in [1.54, 1.807) is 31.4 Å². The van der Waals surface area contributed by atoms with Crippen LogP contribution in [0.5, 0.6) is 5.75 Å². The molecule has 2 bridgehead atoms. The van der Waals surface area contributed by atoms with Crippen molar-refractivity contribution in [2.75, 3.05) is 12.0 Å². The lowest BCUT2D eigenvalue weighted by Crippen LogP contribution is -2.54. The minimum Gasteiger partial charge on any atom is -0.494 e. The number of benzene rings is 4. The second-order valence-corrected chi connectivity index (χ2v) is 10.3. The Kier molecular flexibility index (Phi) is 5.07. The second kappa shape index (κ2) is 8.40. The number of methoxy groups -OCH3 is 1. The summed E-state index contributed by atoms with van der Waals surface area (Å²) in [7, 11) is 1.61. The molecule has 1 heterocycles. The van der Waals surface area contributed by atoms with Gasteiger partial charge in [0.25, 0.3) is 0 Å². The first-order valence-corrected chi connectivity index (χ1v) is 12.9. The summed E-state index contributed by atoms with van der Waals surface area (Å²) in [5, 5.41) is 0.368. The van der Waals surface area contributed by atoms with Crippen LogP contribution in [0.15, 0.2) is 102 Å². The third kappa shape index (κ3) is 2.91. The number of para-hydroxylation sites is 3. The Bertz CT molecular complexity index is 1610. The van der Waals surface area contributed by atoms with Crippen molar-refractivity contribution in [1.82, 2.24) is 0 Å². The Morgan fingerprint density at radius 2 is 1.42 bits per heavy atom. The number of hydrogen-bond acceptors (Lipinski definition) is 4. The van der Waals surface area contributed by atoms with E-state index in [-0.39, 0.29) is 17.7 Å². The van der Waals surface area contributed by atoms with Gasteiger partial charge in [-0.2, -0.15) is 0 Å². The molecule has 1 aliphatic heterocycles. The molecule has 0 aromatic heterocycles. The molecule has 0 unspecified atom stereocenters. The molecule has 3 aliphatic carbocycles. The van der Waals surface area contributed by atoms with E-state index in [2.05, 4.69) is 24.3 Å². The minimum atomic E-state index is -0.948. The fraction of sp³-hybridized carbons (Fsp3) is 0.156. The lowest BCUT2D eigenvalue weighted by Gasteiger charge is -2.52. The summed E-state index contributed by atoms with van der Waals surface area (Å²) in [6, 6.07) is 30.8. The van der Waals surface area contributed by atoms with Crippen LogP contribution >= 0.6 is 11.6 Å². The fourth-order valence-corrected chi connectivity index (χ4v) is 7.05. The molecule has 2 atom stereocenters. The number of hydrogen-bond donors (Lipinski definition) is 0. The highest BCUT2D eigenvalue weighted by atomic mass is 35.5. The third-order valence-corrected chi connectivity index (χ3v) is 8.59. The number of amides is 2. The van der Waals surface area contributed by atoms with Crippen LogP contribution < -0.4 is 9.64 Å². The Balaban J connectivity index is 1.52. The van der Waals surface area contributed by atoms with Crippen molar-refractivity contribution in [3.8, 4) is 5.75 Å². The number of anilines is 1. The van der Waals surface area contributed by atoms with Crippen molar-refractivity contribution in [2.45, 2.75) is 11.3 Å². The lowest BCUT2D eigenvalue weighted by atomic mass is 9.47. The van der Waals surface area contributed by atoms with Gasteiger partial charge in [-0.1, -0.05) is 84.4 Å². The molecule has 0 spiro atoms. The molecule has 5 nitrogen and oxygen atoms in total. The predicted molar refractivity (Wildman–Crippen MR) is 148 cm³/mol. The van der Waals surface area contributed by atoms with Crippen LogP contribution in [0.2, 0.25) is 5.02 Å². The van der Waals surface area contributed by atoms with E-state index in [0.717, 1.165) is 22.3 Å². The van der Waals surface area contributed by atoms with Crippen molar-refractivity contribution < 1.29 is 14.3 Å². The average Bonchev–Trinajstić information content (AvgIpc) is 3.23. The molecule has 38 heavy (non-hydrogen) atoms. The zero-order chi connectivity index (χ0) is 26.0. The average molecular weight is 519 g/mol. The molecule has 0 radical (unpaired) electrons. The number of carbonyl (C=O) groups is 2. The lowest BCUT2D eigenvalue weighted by molar-refractivity contribution is -0.122. The summed E-state index contributed by atoms with van der Waals surface area (Å²) in [5.74, 6) is -1.33. The van der Waals surface area contributed by atoms with Crippen molar-refractivity contribution in [3.05, 3.63) is 124 Å². The highest BCUT2D eigenvalue weighted by Crippen LogP contribution is 2.64. The van der Waals surface area contributed by atoms with Crippen molar-refractivity contribution in [3.63, 3.8) is 0 Å². The van der Waals surface area contributed by atoms with Crippen molar-refractivity contribution in [2.24, 2.45) is 16.8 Å². The normalized spacial score (nSPS) is 24.9. The van der Waals surface area contributed by atoms with Gasteiger partial charge >= 0.3 is 0 Å². The molecule has 6 heteroatoms. The van der Waals surface area contributed by atoms with Crippen molar-refractivity contribution >= 4 is 41.0 Å². The number of imide groups is 1. The smallest absolute Gasteiger partial charge is 0.239 e. The molecule has 4 aromatic rings. The molecule has 1 saturated heterocycles. The summed E-state index contributed by atoms with van der Waals surface area (Å²) in [6.45, 7) is 0. The molecular weight excluding hydrogens is 496 g/mol. The van der Waals surface area contributed by atoms with Crippen LogP contribution in [-0.2, 0) is 15.0 Å². The summed E-state index contributed by atoms with van der Waals surface area (Å²) in [6.07, 6.45) is 1.87. The maximum absolute atomic E-state index is 14.4. The molecule has 0 N–H and O–H groups in total. The maximum atomic E-state index is 14.4. The molecular formula is C32H23ClN2O3.